The minimum absolute atomic E-state index is 0.177. The van der Waals surface area contributed by atoms with Crippen LogP contribution in [0.4, 0.5) is 4.79 Å². The van der Waals surface area contributed by atoms with Crippen LogP contribution in [0.2, 0.25) is 19.1 Å². The molecule has 1 atom stereocenters. The first kappa shape index (κ1) is 13.5. The van der Waals surface area contributed by atoms with Crippen LogP contribution in [0.3, 0.4) is 0 Å². The van der Waals surface area contributed by atoms with E-state index in [0.717, 1.165) is 12.2 Å². The van der Waals surface area contributed by atoms with E-state index in [0.29, 0.717) is 6.54 Å². The molecule has 0 unspecified atom stereocenters. The second-order valence-corrected chi connectivity index (χ2v) is 11.4. The normalized spacial score (nSPS) is 24.6. The largest absolute Gasteiger partial charge is 0.444 e. The average molecular weight is 244 g/mol. The molecule has 1 heterocycles. The predicted octanol–water partition coefficient (Wildman–Crippen LogP) is 1.81. The Bertz CT molecular complexity index is 274. The fourth-order valence-electron chi connectivity index (χ4n) is 2.15. The van der Waals surface area contributed by atoms with Gasteiger partial charge in [0.15, 0.2) is 0 Å². The van der Waals surface area contributed by atoms with Crippen molar-refractivity contribution in [2.75, 3.05) is 12.7 Å². The molecule has 0 aromatic carbocycles. The van der Waals surface area contributed by atoms with Crippen molar-refractivity contribution in [3.8, 4) is 0 Å². The Labute approximate surface area is 99.1 Å². The Morgan fingerprint density at radius 2 is 2.06 bits per heavy atom. The molecule has 0 saturated carbocycles. The van der Waals surface area contributed by atoms with Crippen molar-refractivity contribution in [3.05, 3.63) is 0 Å². The zero-order chi connectivity index (χ0) is 12.6. The van der Waals surface area contributed by atoms with Crippen LogP contribution in [0.1, 0.15) is 20.8 Å². The Hall–Kier alpha value is -0.553. The van der Waals surface area contributed by atoms with Crippen molar-refractivity contribution in [3.63, 3.8) is 0 Å². The van der Waals surface area contributed by atoms with Crippen molar-refractivity contribution >= 4 is 14.2 Å². The number of hydrogen-bond acceptors (Lipinski definition) is 3. The maximum absolute atomic E-state index is 12.0. The van der Waals surface area contributed by atoms with E-state index >= 15 is 0 Å². The molecule has 4 nitrogen and oxygen atoms in total. The highest BCUT2D eigenvalue weighted by atomic mass is 28.3. The lowest BCUT2D eigenvalue weighted by Crippen LogP contribution is -2.43. The topological polar surface area (TPSA) is 55.6 Å². The lowest BCUT2D eigenvalue weighted by Gasteiger charge is -2.28. The second kappa shape index (κ2) is 4.37. The van der Waals surface area contributed by atoms with Crippen LogP contribution in [-0.2, 0) is 4.74 Å². The summed E-state index contributed by atoms with van der Waals surface area (Å²) in [6.45, 7) is 10.8. The quantitative estimate of drug-likeness (QED) is 0.716. The minimum Gasteiger partial charge on any atom is -0.444 e. The molecule has 0 radical (unpaired) electrons. The van der Waals surface area contributed by atoms with Gasteiger partial charge in [0.1, 0.15) is 5.60 Å². The number of hydrogen-bond donors (Lipinski definition) is 1. The molecule has 0 bridgehead atoms. The summed E-state index contributed by atoms with van der Waals surface area (Å²) in [5.41, 5.74) is 5.29. The molecule has 16 heavy (non-hydrogen) atoms. The lowest BCUT2D eigenvalue weighted by atomic mass is 10.2. The second-order valence-electron chi connectivity index (χ2n) is 6.37. The number of nitrogens with two attached hydrogens (primary N) is 1. The van der Waals surface area contributed by atoms with Gasteiger partial charge < -0.3 is 15.4 Å². The summed E-state index contributed by atoms with van der Waals surface area (Å²) in [5.74, 6) is 0. The van der Waals surface area contributed by atoms with E-state index in [4.69, 9.17) is 10.5 Å². The SMILES string of the molecule is CC(C)(C)OC(=O)N1C[Si](C)(C)C[C@@H]1CN. The van der Waals surface area contributed by atoms with E-state index in [1.54, 1.807) is 0 Å². The Morgan fingerprint density at radius 3 is 2.50 bits per heavy atom. The van der Waals surface area contributed by atoms with Crippen molar-refractivity contribution in [2.45, 2.75) is 51.6 Å². The number of carbonyl (C=O) groups excluding carboxylic acids is 1. The maximum atomic E-state index is 12.0. The molecule has 1 amide bonds. The minimum atomic E-state index is -1.28. The zero-order valence-electron chi connectivity index (χ0n) is 11.0. The van der Waals surface area contributed by atoms with Crippen molar-refractivity contribution < 1.29 is 9.53 Å². The summed E-state index contributed by atoms with van der Waals surface area (Å²) < 4.78 is 5.40. The molecule has 0 aromatic heterocycles. The molecule has 0 aliphatic carbocycles. The fourth-order valence-corrected chi connectivity index (χ4v) is 5.25. The van der Waals surface area contributed by atoms with Gasteiger partial charge in [0.05, 0.1) is 8.07 Å². The van der Waals surface area contributed by atoms with Gasteiger partial charge in [-0.15, -0.1) is 0 Å². The van der Waals surface area contributed by atoms with Gasteiger partial charge in [-0.1, -0.05) is 13.1 Å². The van der Waals surface area contributed by atoms with Gasteiger partial charge in [-0.25, -0.2) is 4.79 Å². The van der Waals surface area contributed by atoms with Gasteiger partial charge in [-0.3, -0.25) is 0 Å². The van der Waals surface area contributed by atoms with Gasteiger partial charge in [0.25, 0.3) is 0 Å². The number of rotatable bonds is 1. The summed E-state index contributed by atoms with van der Waals surface area (Å²) >= 11 is 0. The summed E-state index contributed by atoms with van der Waals surface area (Å²) in [6, 6.07) is 1.26. The van der Waals surface area contributed by atoms with Crippen LogP contribution in [0.15, 0.2) is 0 Å². The molecule has 1 rings (SSSR count). The first-order valence-electron chi connectivity index (χ1n) is 5.84. The standard InChI is InChI=1S/C11H24N2O2Si/c1-11(2,3)15-10(14)13-8-16(4,5)7-9(13)6-12/h9H,6-8,12H2,1-5H3/t9-/m0/s1. The molecule has 1 saturated heterocycles. The number of amides is 1. The smallest absolute Gasteiger partial charge is 0.410 e. The van der Waals surface area contributed by atoms with E-state index in [-0.39, 0.29) is 12.1 Å². The van der Waals surface area contributed by atoms with E-state index in [1.807, 2.05) is 25.7 Å². The number of ether oxygens (including phenoxy) is 1. The summed E-state index contributed by atoms with van der Waals surface area (Å²) in [6.07, 6.45) is 0.657. The van der Waals surface area contributed by atoms with E-state index in [2.05, 4.69) is 13.1 Å². The molecule has 5 heteroatoms. The van der Waals surface area contributed by atoms with Gasteiger partial charge in [0.2, 0.25) is 0 Å². The van der Waals surface area contributed by atoms with Crippen LogP contribution in [0, 0.1) is 0 Å². The summed E-state index contributed by atoms with van der Waals surface area (Å²) in [4.78, 5) is 13.8. The highest BCUT2D eigenvalue weighted by Crippen LogP contribution is 2.27. The molecule has 94 valence electrons. The zero-order valence-corrected chi connectivity index (χ0v) is 12.0. The lowest BCUT2D eigenvalue weighted by molar-refractivity contribution is 0.0242. The van der Waals surface area contributed by atoms with Gasteiger partial charge in [-0.05, 0) is 26.8 Å². The van der Waals surface area contributed by atoms with E-state index in [9.17, 15) is 4.79 Å². The third-order valence-corrected chi connectivity index (χ3v) is 5.50. The van der Waals surface area contributed by atoms with Gasteiger partial charge in [0, 0.05) is 18.8 Å². The fraction of sp³-hybridized carbons (Fsp3) is 0.909. The molecular weight excluding hydrogens is 220 g/mol. The molecule has 1 aliphatic rings. The Kier molecular flexibility index (Phi) is 3.69. The molecule has 0 aromatic rings. The molecule has 0 spiro atoms. The molecule has 1 fully saturated rings. The molecular formula is C11H24N2O2Si. The molecule has 1 aliphatic heterocycles. The first-order chi connectivity index (χ1) is 7.14. The van der Waals surface area contributed by atoms with E-state index in [1.165, 1.54) is 0 Å². The van der Waals surface area contributed by atoms with Crippen LogP contribution < -0.4 is 5.73 Å². The van der Waals surface area contributed by atoms with Crippen molar-refractivity contribution in [2.24, 2.45) is 5.73 Å². The predicted molar refractivity (Wildman–Crippen MR) is 68.1 cm³/mol. The Balaban J connectivity index is 2.69. The van der Waals surface area contributed by atoms with Crippen molar-refractivity contribution in [1.29, 1.82) is 0 Å². The van der Waals surface area contributed by atoms with E-state index < -0.39 is 13.7 Å². The number of carbonyl (C=O) groups is 1. The maximum Gasteiger partial charge on any atom is 0.410 e. The third kappa shape index (κ3) is 3.49. The third-order valence-electron chi connectivity index (χ3n) is 2.73. The average Bonchev–Trinajstić information content (AvgIpc) is 2.38. The highest BCUT2D eigenvalue weighted by molar-refractivity contribution is 6.78. The highest BCUT2D eigenvalue weighted by Gasteiger charge is 2.42. The number of nitrogens with zero attached hydrogens (tertiary/aromatic N) is 1. The molecule has 2 N–H and O–H groups in total. The Morgan fingerprint density at radius 1 is 1.50 bits per heavy atom. The summed E-state index contributed by atoms with van der Waals surface area (Å²) in [7, 11) is -1.28. The first-order valence-corrected chi connectivity index (χ1v) is 9.26. The van der Waals surface area contributed by atoms with Crippen LogP contribution >= 0.6 is 0 Å². The van der Waals surface area contributed by atoms with Crippen LogP contribution in [0.25, 0.3) is 0 Å². The van der Waals surface area contributed by atoms with Crippen LogP contribution in [0.5, 0.6) is 0 Å². The van der Waals surface area contributed by atoms with Gasteiger partial charge >= 0.3 is 6.09 Å². The van der Waals surface area contributed by atoms with Gasteiger partial charge in [-0.2, -0.15) is 0 Å². The monoisotopic (exact) mass is 244 g/mol. The van der Waals surface area contributed by atoms with Crippen LogP contribution in [-0.4, -0.2) is 43.4 Å². The van der Waals surface area contributed by atoms with Crippen molar-refractivity contribution in [1.82, 2.24) is 4.90 Å². The summed E-state index contributed by atoms with van der Waals surface area (Å²) in [5, 5.41) is 0.